The van der Waals surface area contributed by atoms with E-state index < -0.39 is 0 Å². The van der Waals surface area contributed by atoms with Crippen molar-refractivity contribution < 1.29 is 9.59 Å². The molecule has 0 aromatic carbocycles. The van der Waals surface area contributed by atoms with Gasteiger partial charge < -0.3 is 10.6 Å². The summed E-state index contributed by atoms with van der Waals surface area (Å²) in [6, 6.07) is 3.81. The van der Waals surface area contributed by atoms with E-state index in [9.17, 15) is 9.59 Å². The fourth-order valence-corrected chi connectivity index (χ4v) is 4.11. The minimum Gasteiger partial charge on any atom is -0.352 e. The van der Waals surface area contributed by atoms with E-state index in [1.807, 2.05) is 33.7 Å². The highest BCUT2D eigenvalue weighted by molar-refractivity contribution is 7.08. The Morgan fingerprint density at radius 3 is 2.36 bits per heavy atom. The van der Waals surface area contributed by atoms with Crippen molar-refractivity contribution >= 4 is 34.5 Å². The van der Waals surface area contributed by atoms with Crippen molar-refractivity contribution in [1.82, 2.24) is 10.6 Å². The standard InChI is InChI=1S/C16H18N2O2S2/c19-15(12-4-6-21-9-12)17-8-11-2-1-3-14(11)18-16(20)13-5-7-22-10-13/h4-7,9-11,14H,1-3,8H2,(H,17,19)(H,18,20). The molecule has 4 nitrogen and oxygen atoms in total. The monoisotopic (exact) mass is 334 g/mol. The molecule has 0 aliphatic heterocycles. The SMILES string of the molecule is O=C(NCC1CCCC1NC(=O)c1ccsc1)c1ccsc1. The van der Waals surface area contributed by atoms with Gasteiger partial charge in [-0.1, -0.05) is 6.42 Å². The molecule has 2 N–H and O–H groups in total. The van der Waals surface area contributed by atoms with Crippen LogP contribution in [0.5, 0.6) is 0 Å². The molecule has 1 aliphatic rings. The largest absolute Gasteiger partial charge is 0.352 e. The first-order chi connectivity index (χ1) is 10.7. The van der Waals surface area contributed by atoms with Crippen molar-refractivity contribution in [2.45, 2.75) is 25.3 Å². The van der Waals surface area contributed by atoms with Crippen LogP contribution in [0.2, 0.25) is 0 Å². The van der Waals surface area contributed by atoms with Crippen LogP contribution in [0, 0.1) is 5.92 Å². The average molecular weight is 334 g/mol. The predicted molar refractivity (Wildman–Crippen MR) is 89.6 cm³/mol. The second-order valence-corrected chi connectivity index (χ2v) is 7.07. The van der Waals surface area contributed by atoms with Gasteiger partial charge in [-0.2, -0.15) is 22.7 Å². The fraction of sp³-hybridized carbons (Fsp3) is 0.375. The van der Waals surface area contributed by atoms with Gasteiger partial charge >= 0.3 is 0 Å². The highest BCUT2D eigenvalue weighted by Crippen LogP contribution is 2.25. The van der Waals surface area contributed by atoms with E-state index in [0.717, 1.165) is 24.8 Å². The molecule has 6 heteroatoms. The fourth-order valence-electron chi connectivity index (χ4n) is 2.84. The van der Waals surface area contributed by atoms with E-state index in [-0.39, 0.29) is 17.9 Å². The quantitative estimate of drug-likeness (QED) is 0.882. The van der Waals surface area contributed by atoms with E-state index in [1.165, 1.54) is 22.7 Å². The van der Waals surface area contributed by atoms with Crippen molar-refractivity contribution in [1.29, 1.82) is 0 Å². The average Bonchev–Trinajstić information content (AvgIpc) is 3.26. The first-order valence-electron chi connectivity index (χ1n) is 7.37. The molecule has 0 radical (unpaired) electrons. The van der Waals surface area contributed by atoms with Gasteiger partial charge in [-0.15, -0.1) is 0 Å². The molecule has 22 heavy (non-hydrogen) atoms. The summed E-state index contributed by atoms with van der Waals surface area (Å²) in [7, 11) is 0. The zero-order valence-electron chi connectivity index (χ0n) is 12.1. The van der Waals surface area contributed by atoms with Crippen LogP contribution in [0.15, 0.2) is 33.7 Å². The van der Waals surface area contributed by atoms with Gasteiger partial charge in [-0.25, -0.2) is 0 Å². The van der Waals surface area contributed by atoms with Gasteiger partial charge in [0, 0.05) is 34.5 Å². The Morgan fingerprint density at radius 2 is 1.73 bits per heavy atom. The number of thiophene rings is 2. The molecule has 2 amide bonds. The normalized spacial score (nSPS) is 20.7. The number of carbonyl (C=O) groups is 2. The molecule has 0 spiro atoms. The molecule has 1 saturated carbocycles. The Bertz CT molecular complexity index is 623. The number of rotatable bonds is 5. The first-order valence-corrected chi connectivity index (χ1v) is 9.26. The van der Waals surface area contributed by atoms with Crippen molar-refractivity contribution in [3.8, 4) is 0 Å². The summed E-state index contributed by atoms with van der Waals surface area (Å²) in [5.74, 6) is 0.267. The molecule has 2 aromatic rings. The summed E-state index contributed by atoms with van der Waals surface area (Å²) in [6.07, 6.45) is 3.11. The molecular formula is C16H18N2O2S2. The molecule has 2 aromatic heterocycles. The van der Waals surface area contributed by atoms with Crippen LogP contribution < -0.4 is 10.6 Å². The molecular weight excluding hydrogens is 316 g/mol. The number of amides is 2. The summed E-state index contributed by atoms with van der Waals surface area (Å²) < 4.78 is 0. The topological polar surface area (TPSA) is 58.2 Å². The van der Waals surface area contributed by atoms with Gasteiger partial charge in [-0.05, 0) is 41.7 Å². The van der Waals surface area contributed by atoms with Gasteiger partial charge in [0.1, 0.15) is 0 Å². The van der Waals surface area contributed by atoms with E-state index in [1.54, 1.807) is 0 Å². The van der Waals surface area contributed by atoms with Gasteiger partial charge in [0.15, 0.2) is 0 Å². The molecule has 0 bridgehead atoms. The third-order valence-electron chi connectivity index (χ3n) is 4.07. The lowest BCUT2D eigenvalue weighted by Gasteiger charge is -2.21. The molecule has 3 rings (SSSR count). The highest BCUT2D eigenvalue weighted by Gasteiger charge is 2.29. The minimum absolute atomic E-state index is 0.0117. The van der Waals surface area contributed by atoms with Gasteiger partial charge in [0.2, 0.25) is 0 Å². The number of hydrogen-bond donors (Lipinski definition) is 2. The first kappa shape index (κ1) is 15.2. The molecule has 0 saturated heterocycles. The predicted octanol–water partition coefficient (Wildman–Crippen LogP) is 3.14. The van der Waals surface area contributed by atoms with Gasteiger partial charge in [-0.3, -0.25) is 9.59 Å². The van der Waals surface area contributed by atoms with Crippen LogP contribution in [-0.2, 0) is 0 Å². The van der Waals surface area contributed by atoms with Gasteiger partial charge in [0.25, 0.3) is 11.8 Å². The van der Waals surface area contributed by atoms with Crippen LogP contribution in [0.3, 0.4) is 0 Å². The second-order valence-electron chi connectivity index (χ2n) is 5.51. The third kappa shape index (κ3) is 3.56. The Morgan fingerprint density at radius 1 is 1.05 bits per heavy atom. The Hall–Kier alpha value is -1.66. The molecule has 1 aliphatic carbocycles. The van der Waals surface area contributed by atoms with Crippen LogP contribution in [0.4, 0.5) is 0 Å². The van der Waals surface area contributed by atoms with Crippen molar-refractivity contribution in [3.63, 3.8) is 0 Å². The van der Waals surface area contributed by atoms with E-state index in [0.29, 0.717) is 18.0 Å². The summed E-state index contributed by atoms with van der Waals surface area (Å²) in [5, 5.41) is 13.6. The number of carbonyl (C=O) groups excluding carboxylic acids is 2. The number of hydrogen-bond acceptors (Lipinski definition) is 4. The maximum absolute atomic E-state index is 12.1. The lowest BCUT2D eigenvalue weighted by atomic mass is 10.0. The van der Waals surface area contributed by atoms with Crippen molar-refractivity contribution in [2.75, 3.05) is 6.54 Å². The molecule has 2 heterocycles. The van der Waals surface area contributed by atoms with E-state index in [4.69, 9.17) is 0 Å². The van der Waals surface area contributed by atoms with Crippen LogP contribution in [0.1, 0.15) is 40.0 Å². The lowest BCUT2D eigenvalue weighted by molar-refractivity contribution is 0.0923. The molecule has 116 valence electrons. The zero-order chi connectivity index (χ0) is 15.4. The Kier molecular flexibility index (Phi) is 4.90. The second kappa shape index (κ2) is 7.07. The highest BCUT2D eigenvalue weighted by atomic mass is 32.1. The summed E-state index contributed by atoms with van der Waals surface area (Å²) in [4.78, 5) is 24.1. The summed E-state index contributed by atoms with van der Waals surface area (Å²) >= 11 is 3.04. The maximum Gasteiger partial charge on any atom is 0.252 e. The van der Waals surface area contributed by atoms with E-state index in [2.05, 4.69) is 10.6 Å². The molecule has 2 atom stereocenters. The Labute approximate surface area is 137 Å². The number of nitrogens with one attached hydrogen (secondary N) is 2. The van der Waals surface area contributed by atoms with Gasteiger partial charge in [0.05, 0.1) is 0 Å². The Balaban J connectivity index is 1.52. The summed E-state index contributed by atoms with van der Waals surface area (Å²) in [5.41, 5.74) is 1.43. The van der Waals surface area contributed by atoms with E-state index >= 15 is 0 Å². The third-order valence-corrected chi connectivity index (χ3v) is 5.43. The smallest absolute Gasteiger partial charge is 0.252 e. The summed E-state index contributed by atoms with van der Waals surface area (Å²) in [6.45, 7) is 0.614. The lowest BCUT2D eigenvalue weighted by Crippen LogP contribution is -2.41. The van der Waals surface area contributed by atoms with Crippen molar-refractivity contribution in [3.05, 3.63) is 44.8 Å². The van der Waals surface area contributed by atoms with Crippen molar-refractivity contribution in [2.24, 2.45) is 5.92 Å². The zero-order valence-corrected chi connectivity index (χ0v) is 13.7. The minimum atomic E-state index is -0.0314. The van der Waals surface area contributed by atoms with Crippen LogP contribution in [-0.4, -0.2) is 24.4 Å². The maximum atomic E-state index is 12.1. The molecule has 1 fully saturated rings. The molecule has 2 unspecified atom stereocenters. The van der Waals surface area contributed by atoms with Crippen LogP contribution >= 0.6 is 22.7 Å². The van der Waals surface area contributed by atoms with Crippen LogP contribution in [0.25, 0.3) is 0 Å².